The maximum Gasteiger partial charge on any atom is 0.340 e. The number of allylic oxidation sites excluding steroid dienone is 1. The fourth-order valence-corrected chi connectivity index (χ4v) is 4.48. The van der Waals surface area contributed by atoms with Crippen molar-refractivity contribution in [2.75, 3.05) is 19.1 Å². The van der Waals surface area contributed by atoms with Crippen LogP contribution in [0.15, 0.2) is 77.5 Å². The van der Waals surface area contributed by atoms with Crippen LogP contribution in [-0.4, -0.2) is 36.6 Å². The minimum atomic E-state index is -0.578. The molecule has 0 unspecified atom stereocenters. The quantitative estimate of drug-likeness (QED) is 0.397. The van der Waals surface area contributed by atoms with E-state index < -0.39 is 11.9 Å². The Balaban J connectivity index is 1.87. The standard InChI is InChI=1S/C28H26N2O5/c1-17-15-20(18(2)29(17)24-14-10-9-13-22(24)27(32)34-4)16-23-25(28(33)35-5)19(3)30(26(23)31)21-11-7-6-8-12-21/h6-16H,1-5H3. The molecular weight excluding hydrogens is 444 g/mol. The first kappa shape index (κ1) is 23.8. The Morgan fingerprint density at radius 2 is 1.49 bits per heavy atom. The Labute approximate surface area is 203 Å². The first-order valence-electron chi connectivity index (χ1n) is 11.1. The van der Waals surface area contributed by atoms with Crippen LogP contribution in [-0.2, 0) is 19.1 Å². The van der Waals surface area contributed by atoms with Gasteiger partial charge in [-0.2, -0.15) is 0 Å². The summed E-state index contributed by atoms with van der Waals surface area (Å²) in [5.41, 5.74) is 5.14. The second-order valence-corrected chi connectivity index (χ2v) is 8.16. The first-order valence-corrected chi connectivity index (χ1v) is 11.1. The lowest BCUT2D eigenvalue weighted by Gasteiger charge is -2.17. The van der Waals surface area contributed by atoms with Crippen LogP contribution in [0.1, 0.15) is 34.2 Å². The van der Waals surface area contributed by atoms with Gasteiger partial charge in [-0.05, 0) is 62.7 Å². The summed E-state index contributed by atoms with van der Waals surface area (Å²) in [6.45, 7) is 5.54. The fourth-order valence-electron chi connectivity index (χ4n) is 4.48. The zero-order valence-electron chi connectivity index (χ0n) is 20.3. The molecule has 178 valence electrons. The summed E-state index contributed by atoms with van der Waals surface area (Å²) in [5, 5.41) is 0. The molecule has 7 heteroatoms. The SMILES string of the molecule is COC(=O)C1=C(C)N(c2ccccc2)C(=O)C1=Cc1cc(C)n(-c2ccccc2C(=O)OC)c1C. The van der Waals surface area contributed by atoms with Gasteiger partial charge >= 0.3 is 11.9 Å². The van der Waals surface area contributed by atoms with Crippen LogP contribution >= 0.6 is 0 Å². The average molecular weight is 471 g/mol. The van der Waals surface area contributed by atoms with E-state index in [-0.39, 0.29) is 17.1 Å². The molecule has 0 N–H and O–H groups in total. The Morgan fingerprint density at radius 3 is 2.14 bits per heavy atom. The number of para-hydroxylation sites is 2. The largest absolute Gasteiger partial charge is 0.465 e. The second-order valence-electron chi connectivity index (χ2n) is 8.16. The predicted molar refractivity (Wildman–Crippen MR) is 133 cm³/mol. The highest BCUT2D eigenvalue weighted by Gasteiger charge is 2.38. The molecule has 1 aliphatic heterocycles. The second kappa shape index (κ2) is 9.46. The molecule has 1 aliphatic rings. The van der Waals surface area contributed by atoms with Crippen LogP contribution in [0.5, 0.6) is 0 Å². The number of nitrogens with zero attached hydrogens (tertiary/aromatic N) is 2. The average Bonchev–Trinajstić information content (AvgIpc) is 3.29. The highest BCUT2D eigenvalue weighted by molar-refractivity contribution is 6.23. The molecule has 0 radical (unpaired) electrons. The van der Waals surface area contributed by atoms with Crippen molar-refractivity contribution in [3.63, 3.8) is 0 Å². The molecule has 0 saturated carbocycles. The van der Waals surface area contributed by atoms with E-state index in [9.17, 15) is 14.4 Å². The number of aryl methyl sites for hydroxylation is 1. The summed E-state index contributed by atoms with van der Waals surface area (Å²) in [6, 6.07) is 18.2. The van der Waals surface area contributed by atoms with Crippen molar-refractivity contribution in [3.8, 4) is 5.69 Å². The van der Waals surface area contributed by atoms with Crippen molar-refractivity contribution >= 4 is 29.6 Å². The molecule has 0 saturated heterocycles. The van der Waals surface area contributed by atoms with Gasteiger partial charge in [-0.15, -0.1) is 0 Å². The van der Waals surface area contributed by atoms with Crippen molar-refractivity contribution in [2.45, 2.75) is 20.8 Å². The molecule has 1 amide bonds. The van der Waals surface area contributed by atoms with Gasteiger partial charge in [0, 0.05) is 22.8 Å². The van der Waals surface area contributed by atoms with E-state index in [4.69, 9.17) is 9.47 Å². The Hall–Kier alpha value is -4.39. The molecule has 0 bridgehead atoms. The van der Waals surface area contributed by atoms with Crippen LogP contribution < -0.4 is 4.90 Å². The molecule has 0 fully saturated rings. The number of carbonyl (C=O) groups excluding carboxylic acids is 3. The van der Waals surface area contributed by atoms with Crippen molar-refractivity contribution in [3.05, 3.63) is 100 Å². The lowest BCUT2D eigenvalue weighted by molar-refractivity contribution is -0.136. The number of ether oxygens (including phenoxy) is 2. The lowest BCUT2D eigenvalue weighted by atomic mass is 10.0. The number of carbonyl (C=O) groups is 3. The highest BCUT2D eigenvalue weighted by Crippen LogP contribution is 2.36. The lowest BCUT2D eigenvalue weighted by Crippen LogP contribution is -2.24. The summed E-state index contributed by atoms with van der Waals surface area (Å²) in [5.74, 6) is -1.33. The molecule has 1 aromatic heterocycles. The Morgan fingerprint density at radius 1 is 0.857 bits per heavy atom. The van der Waals surface area contributed by atoms with Gasteiger partial charge in [0.1, 0.15) is 0 Å². The fraction of sp³-hybridized carbons (Fsp3) is 0.179. The third-order valence-corrected chi connectivity index (χ3v) is 6.12. The number of amides is 1. The summed E-state index contributed by atoms with van der Waals surface area (Å²) < 4.78 is 11.9. The number of anilines is 1. The van der Waals surface area contributed by atoms with E-state index in [1.807, 2.05) is 66.9 Å². The van der Waals surface area contributed by atoms with E-state index in [1.165, 1.54) is 19.1 Å². The van der Waals surface area contributed by atoms with Gasteiger partial charge in [-0.25, -0.2) is 9.59 Å². The van der Waals surface area contributed by atoms with Crippen molar-refractivity contribution < 1.29 is 23.9 Å². The van der Waals surface area contributed by atoms with Gasteiger partial charge in [0.15, 0.2) is 0 Å². The van der Waals surface area contributed by atoms with Crippen molar-refractivity contribution in [2.24, 2.45) is 0 Å². The topological polar surface area (TPSA) is 77.8 Å². The van der Waals surface area contributed by atoms with Gasteiger partial charge in [0.2, 0.25) is 0 Å². The molecule has 2 aromatic carbocycles. The number of benzene rings is 2. The zero-order chi connectivity index (χ0) is 25.3. The molecular formula is C28H26N2O5. The smallest absolute Gasteiger partial charge is 0.340 e. The number of methoxy groups -OCH3 is 2. The number of aromatic nitrogens is 1. The highest BCUT2D eigenvalue weighted by atomic mass is 16.5. The molecule has 35 heavy (non-hydrogen) atoms. The van der Waals surface area contributed by atoms with E-state index in [1.54, 1.807) is 25.1 Å². The van der Waals surface area contributed by atoms with Gasteiger partial charge in [-0.3, -0.25) is 9.69 Å². The summed E-state index contributed by atoms with van der Waals surface area (Å²) >= 11 is 0. The Kier molecular flexibility index (Phi) is 6.42. The number of hydrogen-bond donors (Lipinski definition) is 0. The molecule has 7 nitrogen and oxygen atoms in total. The van der Waals surface area contributed by atoms with Crippen molar-refractivity contribution in [1.82, 2.24) is 4.57 Å². The van der Waals surface area contributed by atoms with Gasteiger partial charge < -0.3 is 14.0 Å². The monoisotopic (exact) mass is 470 g/mol. The summed E-state index contributed by atoms with van der Waals surface area (Å²) in [4.78, 5) is 40.1. The maximum atomic E-state index is 13.5. The predicted octanol–water partition coefficient (Wildman–Crippen LogP) is 4.76. The van der Waals surface area contributed by atoms with Gasteiger partial charge in [0.05, 0.1) is 36.6 Å². The minimum absolute atomic E-state index is 0.223. The summed E-state index contributed by atoms with van der Waals surface area (Å²) in [6.07, 6.45) is 1.71. The van der Waals surface area contributed by atoms with Gasteiger partial charge in [-0.1, -0.05) is 30.3 Å². The van der Waals surface area contributed by atoms with Crippen LogP contribution in [0.2, 0.25) is 0 Å². The maximum absolute atomic E-state index is 13.5. The van der Waals surface area contributed by atoms with E-state index in [0.29, 0.717) is 22.6 Å². The van der Waals surface area contributed by atoms with Crippen molar-refractivity contribution in [1.29, 1.82) is 0 Å². The molecule has 2 heterocycles. The van der Waals surface area contributed by atoms with E-state index in [0.717, 1.165) is 17.0 Å². The normalized spacial score (nSPS) is 14.6. The minimum Gasteiger partial charge on any atom is -0.465 e. The number of esters is 2. The molecule has 3 aromatic rings. The van der Waals surface area contributed by atoms with E-state index in [2.05, 4.69) is 0 Å². The number of rotatable bonds is 5. The Bertz CT molecular complexity index is 1400. The number of hydrogen-bond acceptors (Lipinski definition) is 5. The molecule has 0 spiro atoms. The molecule has 4 rings (SSSR count). The third kappa shape index (κ3) is 4.05. The van der Waals surface area contributed by atoms with Gasteiger partial charge in [0.25, 0.3) is 5.91 Å². The zero-order valence-corrected chi connectivity index (χ0v) is 20.3. The molecule has 0 atom stereocenters. The third-order valence-electron chi connectivity index (χ3n) is 6.12. The van der Waals surface area contributed by atoms with Crippen LogP contribution in [0.4, 0.5) is 5.69 Å². The van der Waals surface area contributed by atoms with Crippen LogP contribution in [0.25, 0.3) is 11.8 Å². The molecule has 0 aliphatic carbocycles. The van der Waals surface area contributed by atoms with Crippen LogP contribution in [0.3, 0.4) is 0 Å². The first-order chi connectivity index (χ1) is 16.8. The van der Waals surface area contributed by atoms with Crippen LogP contribution in [0, 0.1) is 13.8 Å². The van der Waals surface area contributed by atoms with E-state index >= 15 is 0 Å². The summed E-state index contributed by atoms with van der Waals surface area (Å²) in [7, 11) is 2.64.